The summed E-state index contributed by atoms with van der Waals surface area (Å²) in [5.41, 5.74) is 16.3. The lowest BCUT2D eigenvalue weighted by Crippen LogP contribution is -2.59. The molecule has 0 unspecified atom stereocenters. The van der Waals surface area contributed by atoms with Gasteiger partial charge in [-0.2, -0.15) is 0 Å². The second-order valence-electron chi connectivity index (χ2n) is 11.9. The Balaban J connectivity index is 2.13. The van der Waals surface area contributed by atoms with Gasteiger partial charge in [-0.3, -0.25) is 38.6 Å². The Bertz CT molecular complexity index is 1520. The first-order chi connectivity index (χ1) is 25.1. The lowest BCUT2D eigenvalue weighted by Gasteiger charge is -2.29. The molecule has 0 bridgehead atoms. The molecule has 53 heavy (non-hydrogen) atoms. The Morgan fingerprint density at radius 1 is 0.849 bits per heavy atom. The van der Waals surface area contributed by atoms with Crippen LogP contribution in [0.1, 0.15) is 37.7 Å². The molecule has 1 aliphatic rings. The number of carbonyl (C=O) groups is 8. The average molecular weight is 751 g/mol. The van der Waals surface area contributed by atoms with E-state index in [4.69, 9.17) is 17.2 Å². The van der Waals surface area contributed by atoms with Crippen molar-refractivity contribution in [2.24, 2.45) is 22.2 Å². The molecule has 0 spiro atoms. The van der Waals surface area contributed by atoms with E-state index in [1.54, 1.807) is 0 Å². The van der Waals surface area contributed by atoms with Crippen molar-refractivity contribution in [1.82, 2.24) is 31.5 Å². The van der Waals surface area contributed by atoms with E-state index < -0.39 is 104 Å². The van der Waals surface area contributed by atoms with Crippen molar-refractivity contribution in [3.8, 4) is 5.75 Å². The second kappa shape index (κ2) is 21.4. The second-order valence-corrected chi connectivity index (χ2v) is 11.9. The third-order valence-corrected chi connectivity index (χ3v) is 7.86. The molecule has 22 heteroatoms. The SMILES string of the molecule is NCC(=O)N[C@@H](CCCN=C(N)N)C(=O)NCC(=O)N[C@@H](CC(=O)O)C(=O)N[C@@H](CO)C(=O)N[C@@H](Cc1ccc(O)cc1)C(=O)N1CCC[C@H]1C(=O)O. The molecule has 1 fully saturated rings. The third kappa shape index (κ3) is 14.6. The molecular weight excluding hydrogens is 704 g/mol. The molecule has 2 rings (SSSR count). The van der Waals surface area contributed by atoms with Crippen molar-refractivity contribution >= 4 is 53.3 Å². The number of guanidine groups is 1. The van der Waals surface area contributed by atoms with Crippen molar-refractivity contribution in [1.29, 1.82) is 0 Å². The van der Waals surface area contributed by atoms with Crippen LogP contribution in [-0.2, 0) is 44.8 Å². The van der Waals surface area contributed by atoms with Gasteiger partial charge in [0.2, 0.25) is 35.4 Å². The van der Waals surface area contributed by atoms with Gasteiger partial charge in [-0.25, -0.2) is 4.79 Å². The summed E-state index contributed by atoms with van der Waals surface area (Å²) in [6, 6.07) is -1.66. The van der Waals surface area contributed by atoms with Crippen LogP contribution in [0.15, 0.2) is 29.3 Å². The number of nitrogens with zero attached hydrogens (tertiary/aromatic N) is 2. The number of carboxylic acids is 2. The zero-order valence-corrected chi connectivity index (χ0v) is 28.7. The lowest BCUT2D eigenvalue weighted by molar-refractivity contribution is -0.149. The number of carboxylic acid groups (broad SMARTS) is 2. The van der Waals surface area contributed by atoms with Crippen LogP contribution in [0.3, 0.4) is 0 Å². The van der Waals surface area contributed by atoms with Crippen molar-refractivity contribution in [3.63, 3.8) is 0 Å². The Labute approximate surface area is 302 Å². The number of aliphatic imine (C=N–C) groups is 1. The van der Waals surface area contributed by atoms with Gasteiger partial charge in [-0.1, -0.05) is 12.1 Å². The summed E-state index contributed by atoms with van der Waals surface area (Å²) in [6.07, 6.45) is -0.285. The predicted molar refractivity (Wildman–Crippen MR) is 183 cm³/mol. The van der Waals surface area contributed by atoms with E-state index >= 15 is 0 Å². The highest BCUT2D eigenvalue weighted by atomic mass is 16.4. The Morgan fingerprint density at radius 3 is 2.06 bits per heavy atom. The highest BCUT2D eigenvalue weighted by Crippen LogP contribution is 2.20. The molecule has 1 aromatic rings. The van der Waals surface area contributed by atoms with Crippen LogP contribution < -0.4 is 43.8 Å². The molecule has 1 aliphatic heterocycles. The van der Waals surface area contributed by atoms with Crippen molar-refractivity contribution in [2.75, 3.05) is 32.8 Å². The summed E-state index contributed by atoms with van der Waals surface area (Å²) in [5.74, 6) is -8.63. The number of phenols is 1. The van der Waals surface area contributed by atoms with Gasteiger partial charge in [-0.15, -0.1) is 0 Å². The van der Waals surface area contributed by atoms with Crippen LogP contribution in [0, 0.1) is 0 Å². The topological polar surface area (TPSA) is 371 Å². The van der Waals surface area contributed by atoms with E-state index in [0.29, 0.717) is 12.0 Å². The minimum atomic E-state index is -1.82. The number of hydrogen-bond donors (Lipinski definition) is 12. The Kier molecular flexibility index (Phi) is 17.4. The van der Waals surface area contributed by atoms with Gasteiger partial charge >= 0.3 is 11.9 Å². The number of aliphatic hydroxyl groups is 1. The van der Waals surface area contributed by atoms with Gasteiger partial charge in [0.05, 0.1) is 26.1 Å². The van der Waals surface area contributed by atoms with Crippen LogP contribution >= 0.6 is 0 Å². The van der Waals surface area contributed by atoms with E-state index in [1.165, 1.54) is 24.3 Å². The van der Waals surface area contributed by atoms with Gasteiger partial charge in [0.25, 0.3) is 0 Å². The third-order valence-electron chi connectivity index (χ3n) is 7.86. The van der Waals surface area contributed by atoms with Crippen molar-refractivity contribution < 1.29 is 58.8 Å². The van der Waals surface area contributed by atoms with Crippen LogP contribution in [-0.4, -0.2) is 142 Å². The molecule has 1 aromatic carbocycles. The summed E-state index contributed by atoms with van der Waals surface area (Å²) in [5, 5.41) is 49.9. The number of aliphatic carboxylic acids is 2. The minimum Gasteiger partial charge on any atom is -0.508 e. The maximum atomic E-state index is 13.5. The number of benzene rings is 1. The van der Waals surface area contributed by atoms with E-state index in [-0.39, 0.29) is 50.5 Å². The van der Waals surface area contributed by atoms with Gasteiger partial charge < -0.3 is 69.1 Å². The molecule has 1 heterocycles. The highest BCUT2D eigenvalue weighted by Gasteiger charge is 2.39. The average Bonchev–Trinajstić information content (AvgIpc) is 3.61. The van der Waals surface area contributed by atoms with E-state index in [2.05, 4.69) is 31.6 Å². The molecule has 0 aromatic heterocycles. The Hall–Kier alpha value is -6.03. The monoisotopic (exact) mass is 750 g/mol. The zero-order valence-electron chi connectivity index (χ0n) is 28.7. The molecular formula is C31H46N10O12. The lowest BCUT2D eigenvalue weighted by atomic mass is 10.0. The molecule has 0 aliphatic carbocycles. The first-order valence-corrected chi connectivity index (χ1v) is 16.4. The first-order valence-electron chi connectivity index (χ1n) is 16.4. The van der Waals surface area contributed by atoms with Crippen LogP contribution in [0.25, 0.3) is 0 Å². The number of aliphatic hydroxyl groups excluding tert-OH is 1. The number of phenolic OH excluding ortho intramolecular Hbond substituents is 1. The van der Waals surface area contributed by atoms with E-state index in [0.717, 1.165) is 4.90 Å². The minimum absolute atomic E-state index is 0.0458. The number of hydrogen-bond acceptors (Lipinski definition) is 12. The molecule has 0 radical (unpaired) electrons. The number of nitrogens with one attached hydrogen (secondary N) is 5. The van der Waals surface area contributed by atoms with E-state index in [1.807, 2.05) is 0 Å². The number of amides is 6. The largest absolute Gasteiger partial charge is 0.508 e. The maximum Gasteiger partial charge on any atom is 0.326 e. The normalized spacial score (nSPS) is 15.8. The fraction of sp³-hybridized carbons (Fsp3) is 0.516. The quantitative estimate of drug-likeness (QED) is 0.0317. The van der Waals surface area contributed by atoms with Gasteiger partial charge in [0.1, 0.15) is 36.0 Å². The molecule has 15 N–H and O–H groups in total. The molecule has 0 saturated carbocycles. The van der Waals surface area contributed by atoms with Gasteiger partial charge in [0.15, 0.2) is 5.96 Å². The summed E-state index contributed by atoms with van der Waals surface area (Å²) in [6.45, 7) is -2.03. The summed E-state index contributed by atoms with van der Waals surface area (Å²) < 4.78 is 0. The van der Waals surface area contributed by atoms with Crippen LogP contribution in [0.4, 0.5) is 0 Å². The van der Waals surface area contributed by atoms with Crippen LogP contribution in [0.5, 0.6) is 5.75 Å². The number of likely N-dealkylation sites (tertiary alicyclic amines) is 1. The molecule has 22 nitrogen and oxygen atoms in total. The predicted octanol–water partition coefficient (Wildman–Crippen LogP) is -5.46. The molecule has 292 valence electrons. The fourth-order valence-electron chi connectivity index (χ4n) is 5.24. The number of nitrogens with two attached hydrogens (primary N) is 3. The highest BCUT2D eigenvalue weighted by molar-refractivity contribution is 5.97. The zero-order chi connectivity index (χ0) is 39.7. The van der Waals surface area contributed by atoms with E-state index in [9.17, 15) is 58.8 Å². The van der Waals surface area contributed by atoms with Crippen LogP contribution in [0.2, 0.25) is 0 Å². The maximum absolute atomic E-state index is 13.5. The molecule has 6 amide bonds. The van der Waals surface area contributed by atoms with Gasteiger partial charge in [0, 0.05) is 19.5 Å². The van der Waals surface area contributed by atoms with Gasteiger partial charge in [-0.05, 0) is 43.4 Å². The summed E-state index contributed by atoms with van der Waals surface area (Å²) in [7, 11) is 0. The molecule has 1 saturated heterocycles. The summed E-state index contributed by atoms with van der Waals surface area (Å²) >= 11 is 0. The standard InChI is InChI=1S/C31H46N10O12/c32-13-23(44)37-18(3-1-9-35-31(33)34)26(48)36-14-24(45)38-19(12-25(46)47)27(49)40-21(15-42)28(50)39-20(11-16-5-7-17(43)8-6-16)29(51)41-10-2-4-22(41)30(52)53/h5-8,18-22,42-43H,1-4,9-15,32H2,(H,36,48)(H,37,44)(H,38,45)(H,39,50)(H,40,49)(H,46,47)(H,52,53)(H4,33,34,35)/t18-,19-,20-,21-,22-/m0/s1. The number of carbonyl (C=O) groups excluding carboxylic acids is 6. The van der Waals surface area contributed by atoms with Crippen molar-refractivity contribution in [3.05, 3.63) is 29.8 Å². The number of aromatic hydroxyl groups is 1. The number of rotatable bonds is 21. The fourth-order valence-corrected chi connectivity index (χ4v) is 5.24. The smallest absolute Gasteiger partial charge is 0.326 e. The molecule has 5 atom stereocenters. The Morgan fingerprint density at radius 2 is 1.47 bits per heavy atom. The summed E-state index contributed by atoms with van der Waals surface area (Å²) in [4.78, 5) is 105. The first kappa shape index (κ1) is 43.1. The van der Waals surface area contributed by atoms with Crippen molar-refractivity contribution in [2.45, 2.75) is 68.7 Å².